The van der Waals surface area contributed by atoms with Gasteiger partial charge in [-0.05, 0) is 55.3 Å². The molecule has 1 aromatic rings. The summed E-state index contributed by atoms with van der Waals surface area (Å²) in [6, 6.07) is 6.84. The maximum absolute atomic E-state index is 5.07. The highest BCUT2D eigenvalue weighted by atomic mass is 16.5. The van der Waals surface area contributed by atoms with E-state index in [-0.39, 0.29) is 0 Å². The van der Waals surface area contributed by atoms with Crippen LogP contribution in [0.1, 0.15) is 30.5 Å². The SMILES string of the molecule is COCCNCC(Cc1ccc(C)c(C)c1)C(C)C. The van der Waals surface area contributed by atoms with Crippen LogP contribution in [0.2, 0.25) is 0 Å². The molecule has 19 heavy (non-hydrogen) atoms. The van der Waals surface area contributed by atoms with Gasteiger partial charge in [-0.25, -0.2) is 0 Å². The van der Waals surface area contributed by atoms with Gasteiger partial charge in [0, 0.05) is 13.7 Å². The summed E-state index contributed by atoms with van der Waals surface area (Å²) in [7, 11) is 1.75. The molecule has 108 valence electrons. The Morgan fingerprint density at radius 2 is 1.89 bits per heavy atom. The van der Waals surface area contributed by atoms with Crippen LogP contribution in [0.15, 0.2) is 18.2 Å². The third kappa shape index (κ3) is 5.75. The fourth-order valence-electron chi connectivity index (χ4n) is 2.24. The third-order valence-corrected chi connectivity index (χ3v) is 3.90. The van der Waals surface area contributed by atoms with E-state index < -0.39 is 0 Å². The Kier molecular flexibility index (Phi) is 7.11. The Bertz CT molecular complexity index is 374. The van der Waals surface area contributed by atoms with E-state index in [1.165, 1.54) is 16.7 Å². The van der Waals surface area contributed by atoms with Gasteiger partial charge in [-0.15, -0.1) is 0 Å². The largest absolute Gasteiger partial charge is 0.383 e. The summed E-state index contributed by atoms with van der Waals surface area (Å²) in [5.41, 5.74) is 4.23. The molecule has 0 saturated carbocycles. The summed E-state index contributed by atoms with van der Waals surface area (Å²) in [6.07, 6.45) is 1.15. The summed E-state index contributed by atoms with van der Waals surface area (Å²) in [6.45, 7) is 11.8. The predicted molar refractivity (Wildman–Crippen MR) is 82.7 cm³/mol. The van der Waals surface area contributed by atoms with E-state index in [9.17, 15) is 0 Å². The lowest BCUT2D eigenvalue weighted by molar-refractivity contribution is 0.196. The van der Waals surface area contributed by atoms with E-state index in [0.717, 1.165) is 26.1 Å². The standard InChI is InChI=1S/C17H29NO/c1-13(2)17(12-18-8-9-19-5)11-16-7-6-14(3)15(4)10-16/h6-7,10,13,17-18H,8-9,11-12H2,1-5H3. The van der Waals surface area contributed by atoms with Gasteiger partial charge in [-0.1, -0.05) is 32.0 Å². The molecule has 1 unspecified atom stereocenters. The average molecular weight is 263 g/mol. The van der Waals surface area contributed by atoms with Crippen molar-refractivity contribution < 1.29 is 4.74 Å². The number of hydrogen-bond acceptors (Lipinski definition) is 2. The van der Waals surface area contributed by atoms with E-state index in [1.54, 1.807) is 7.11 Å². The molecule has 0 spiro atoms. The van der Waals surface area contributed by atoms with Crippen LogP contribution in [0.25, 0.3) is 0 Å². The zero-order valence-electron chi connectivity index (χ0n) is 13.1. The van der Waals surface area contributed by atoms with Crippen LogP contribution in [0.3, 0.4) is 0 Å². The summed E-state index contributed by atoms with van der Waals surface area (Å²) >= 11 is 0. The van der Waals surface area contributed by atoms with Crippen LogP contribution in [0.4, 0.5) is 0 Å². The predicted octanol–water partition coefficient (Wildman–Crippen LogP) is 3.35. The van der Waals surface area contributed by atoms with Crippen molar-refractivity contribution in [1.29, 1.82) is 0 Å². The molecule has 1 rings (SSSR count). The van der Waals surface area contributed by atoms with Gasteiger partial charge in [-0.2, -0.15) is 0 Å². The van der Waals surface area contributed by atoms with Crippen molar-refractivity contribution in [3.63, 3.8) is 0 Å². The summed E-state index contributed by atoms with van der Waals surface area (Å²) in [5.74, 6) is 1.37. The fraction of sp³-hybridized carbons (Fsp3) is 0.647. The second-order valence-electron chi connectivity index (χ2n) is 5.82. The molecule has 1 atom stereocenters. The van der Waals surface area contributed by atoms with Crippen molar-refractivity contribution in [2.24, 2.45) is 11.8 Å². The second kappa shape index (κ2) is 8.34. The molecule has 2 heteroatoms. The first kappa shape index (κ1) is 16.2. The monoisotopic (exact) mass is 263 g/mol. The van der Waals surface area contributed by atoms with Gasteiger partial charge >= 0.3 is 0 Å². The lowest BCUT2D eigenvalue weighted by Gasteiger charge is -2.22. The first-order valence-corrected chi connectivity index (χ1v) is 7.30. The van der Waals surface area contributed by atoms with Crippen LogP contribution < -0.4 is 5.32 Å². The molecule has 0 aliphatic rings. The Morgan fingerprint density at radius 3 is 2.47 bits per heavy atom. The van der Waals surface area contributed by atoms with E-state index in [2.05, 4.69) is 51.2 Å². The number of aryl methyl sites for hydroxylation is 2. The van der Waals surface area contributed by atoms with Crippen LogP contribution in [-0.2, 0) is 11.2 Å². The first-order chi connectivity index (χ1) is 9.04. The van der Waals surface area contributed by atoms with Crippen molar-refractivity contribution in [2.45, 2.75) is 34.1 Å². The number of rotatable bonds is 8. The molecule has 0 aromatic heterocycles. The summed E-state index contributed by atoms with van der Waals surface area (Å²) in [4.78, 5) is 0. The lowest BCUT2D eigenvalue weighted by atomic mass is 9.88. The van der Waals surface area contributed by atoms with E-state index in [4.69, 9.17) is 4.74 Å². The van der Waals surface area contributed by atoms with Gasteiger partial charge in [0.2, 0.25) is 0 Å². The molecule has 0 amide bonds. The molecule has 1 N–H and O–H groups in total. The molecule has 0 bridgehead atoms. The number of hydrogen-bond donors (Lipinski definition) is 1. The summed E-state index contributed by atoms with van der Waals surface area (Å²) in [5, 5.41) is 3.49. The number of methoxy groups -OCH3 is 1. The number of nitrogens with one attached hydrogen (secondary N) is 1. The third-order valence-electron chi connectivity index (χ3n) is 3.90. The maximum atomic E-state index is 5.07. The quantitative estimate of drug-likeness (QED) is 0.726. The van der Waals surface area contributed by atoms with Crippen LogP contribution >= 0.6 is 0 Å². The summed E-state index contributed by atoms with van der Waals surface area (Å²) < 4.78 is 5.07. The maximum Gasteiger partial charge on any atom is 0.0587 e. The topological polar surface area (TPSA) is 21.3 Å². The highest BCUT2D eigenvalue weighted by Crippen LogP contribution is 2.18. The lowest BCUT2D eigenvalue weighted by Crippen LogP contribution is -2.30. The van der Waals surface area contributed by atoms with E-state index in [1.807, 2.05) is 0 Å². The van der Waals surface area contributed by atoms with Crippen LogP contribution in [0, 0.1) is 25.7 Å². The van der Waals surface area contributed by atoms with Gasteiger partial charge in [0.05, 0.1) is 6.61 Å². The van der Waals surface area contributed by atoms with Gasteiger partial charge in [0.15, 0.2) is 0 Å². The van der Waals surface area contributed by atoms with Crippen molar-refractivity contribution in [1.82, 2.24) is 5.32 Å². The molecule has 0 saturated heterocycles. The molecule has 2 nitrogen and oxygen atoms in total. The molecule has 0 heterocycles. The molecule has 0 radical (unpaired) electrons. The van der Waals surface area contributed by atoms with Crippen LogP contribution in [0.5, 0.6) is 0 Å². The molecular weight excluding hydrogens is 234 g/mol. The van der Waals surface area contributed by atoms with Gasteiger partial charge in [0.1, 0.15) is 0 Å². The minimum atomic E-state index is 0.680. The molecule has 1 aromatic carbocycles. The smallest absolute Gasteiger partial charge is 0.0587 e. The Hall–Kier alpha value is -0.860. The minimum Gasteiger partial charge on any atom is -0.383 e. The van der Waals surface area contributed by atoms with Gasteiger partial charge in [0.25, 0.3) is 0 Å². The molecular formula is C17H29NO. The van der Waals surface area contributed by atoms with E-state index in [0.29, 0.717) is 11.8 Å². The van der Waals surface area contributed by atoms with Gasteiger partial charge in [-0.3, -0.25) is 0 Å². The normalized spacial score (nSPS) is 12.9. The molecule has 0 fully saturated rings. The Balaban J connectivity index is 2.54. The van der Waals surface area contributed by atoms with Crippen molar-refractivity contribution in [3.05, 3.63) is 34.9 Å². The fourth-order valence-corrected chi connectivity index (χ4v) is 2.24. The first-order valence-electron chi connectivity index (χ1n) is 7.30. The molecule has 0 aliphatic carbocycles. The molecule has 0 aliphatic heterocycles. The van der Waals surface area contributed by atoms with Crippen molar-refractivity contribution in [3.8, 4) is 0 Å². The number of benzene rings is 1. The van der Waals surface area contributed by atoms with Crippen molar-refractivity contribution in [2.75, 3.05) is 26.8 Å². The zero-order valence-corrected chi connectivity index (χ0v) is 13.1. The second-order valence-corrected chi connectivity index (χ2v) is 5.82. The minimum absolute atomic E-state index is 0.680. The van der Waals surface area contributed by atoms with Crippen LogP contribution in [-0.4, -0.2) is 26.8 Å². The number of ether oxygens (including phenoxy) is 1. The Morgan fingerprint density at radius 1 is 1.16 bits per heavy atom. The van der Waals surface area contributed by atoms with E-state index >= 15 is 0 Å². The van der Waals surface area contributed by atoms with Crippen molar-refractivity contribution >= 4 is 0 Å². The van der Waals surface area contributed by atoms with Gasteiger partial charge < -0.3 is 10.1 Å². The highest BCUT2D eigenvalue weighted by Gasteiger charge is 2.14. The zero-order chi connectivity index (χ0) is 14.3. The average Bonchev–Trinajstić information content (AvgIpc) is 2.37. The highest BCUT2D eigenvalue weighted by molar-refractivity contribution is 5.30. The Labute approximate surface area is 118 Å².